The topological polar surface area (TPSA) is 63.7 Å². The van der Waals surface area contributed by atoms with Crippen molar-refractivity contribution in [1.29, 1.82) is 0 Å². The molecule has 0 saturated carbocycles. The molecule has 5 heteroatoms. The van der Waals surface area contributed by atoms with Gasteiger partial charge in [-0.1, -0.05) is 0 Å². The molecule has 0 spiro atoms. The summed E-state index contributed by atoms with van der Waals surface area (Å²) in [5.41, 5.74) is -0.623. The first-order valence-corrected chi connectivity index (χ1v) is 5.33. The van der Waals surface area contributed by atoms with Crippen LogP contribution in [0, 0.1) is 5.41 Å². The summed E-state index contributed by atoms with van der Waals surface area (Å²) in [7, 11) is 0. The quantitative estimate of drug-likeness (QED) is 0.523. The first-order valence-electron chi connectivity index (χ1n) is 5.33. The van der Waals surface area contributed by atoms with Crippen molar-refractivity contribution in [3.63, 3.8) is 0 Å². The van der Waals surface area contributed by atoms with Crippen molar-refractivity contribution < 1.29 is 19.1 Å². The minimum atomic E-state index is -0.623. The monoisotopic (exact) mass is 227 g/mol. The second kappa shape index (κ2) is 4.63. The molecular weight excluding hydrogens is 210 g/mol. The van der Waals surface area contributed by atoms with E-state index in [0.717, 1.165) is 4.90 Å². The van der Waals surface area contributed by atoms with E-state index < -0.39 is 11.4 Å². The second-order valence-electron chi connectivity index (χ2n) is 4.88. The maximum atomic E-state index is 11.4. The third kappa shape index (κ3) is 3.05. The molecule has 5 nitrogen and oxygen atoms in total. The highest BCUT2D eigenvalue weighted by Crippen LogP contribution is 2.17. The Kier molecular flexibility index (Phi) is 3.67. The van der Waals surface area contributed by atoms with E-state index in [2.05, 4.69) is 0 Å². The lowest BCUT2D eigenvalue weighted by atomic mass is 9.97. The minimum Gasteiger partial charge on any atom is -0.443 e. The van der Waals surface area contributed by atoms with Gasteiger partial charge in [-0.2, -0.15) is 0 Å². The van der Waals surface area contributed by atoms with Crippen molar-refractivity contribution in [2.45, 2.75) is 40.0 Å². The molecule has 0 aromatic rings. The van der Waals surface area contributed by atoms with Crippen LogP contribution in [0.2, 0.25) is 0 Å². The average molecular weight is 227 g/mol. The SMILES string of the molecule is CC(C)(C)C(=O)OCN1C(=O)CCCC1=O. The van der Waals surface area contributed by atoms with E-state index >= 15 is 0 Å². The molecule has 0 radical (unpaired) electrons. The highest BCUT2D eigenvalue weighted by molar-refractivity contribution is 5.97. The minimum absolute atomic E-state index is 0.256. The highest BCUT2D eigenvalue weighted by atomic mass is 16.5. The van der Waals surface area contributed by atoms with Gasteiger partial charge >= 0.3 is 5.97 Å². The van der Waals surface area contributed by atoms with E-state index in [1.807, 2.05) is 0 Å². The molecule has 0 N–H and O–H groups in total. The zero-order valence-corrected chi connectivity index (χ0v) is 9.91. The van der Waals surface area contributed by atoms with Crippen molar-refractivity contribution in [3.05, 3.63) is 0 Å². The summed E-state index contributed by atoms with van der Waals surface area (Å²) >= 11 is 0. The number of amides is 2. The molecule has 1 saturated heterocycles. The van der Waals surface area contributed by atoms with Gasteiger partial charge in [-0.25, -0.2) is 4.90 Å². The number of hydrogen-bond donors (Lipinski definition) is 0. The van der Waals surface area contributed by atoms with Crippen LogP contribution in [-0.2, 0) is 19.1 Å². The van der Waals surface area contributed by atoms with E-state index in [9.17, 15) is 14.4 Å². The number of likely N-dealkylation sites (tertiary alicyclic amines) is 1. The Morgan fingerprint density at radius 3 is 2.19 bits per heavy atom. The Morgan fingerprint density at radius 2 is 1.75 bits per heavy atom. The fourth-order valence-corrected chi connectivity index (χ4v) is 1.28. The summed E-state index contributed by atoms with van der Waals surface area (Å²) in [6.45, 7) is 4.90. The highest BCUT2D eigenvalue weighted by Gasteiger charge is 2.29. The van der Waals surface area contributed by atoms with E-state index in [-0.39, 0.29) is 18.5 Å². The largest absolute Gasteiger partial charge is 0.443 e. The summed E-state index contributed by atoms with van der Waals surface area (Å²) < 4.78 is 4.93. The smallest absolute Gasteiger partial charge is 0.312 e. The summed E-state index contributed by atoms with van der Waals surface area (Å²) in [6, 6.07) is 0. The summed E-state index contributed by atoms with van der Waals surface area (Å²) in [5.74, 6) is -0.949. The molecule has 0 atom stereocenters. The van der Waals surface area contributed by atoms with Gasteiger partial charge in [-0.3, -0.25) is 14.4 Å². The normalized spacial score (nSPS) is 17.6. The average Bonchev–Trinajstić information content (AvgIpc) is 2.15. The molecule has 0 unspecified atom stereocenters. The number of carbonyl (C=O) groups is 3. The lowest BCUT2D eigenvalue weighted by Crippen LogP contribution is -2.42. The zero-order valence-electron chi connectivity index (χ0n) is 9.91. The van der Waals surface area contributed by atoms with Gasteiger partial charge < -0.3 is 4.74 Å². The number of carbonyl (C=O) groups excluding carboxylic acids is 3. The molecule has 0 aliphatic carbocycles. The number of rotatable bonds is 2. The Hall–Kier alpha value is -1.39. The lowest BCUT2D eigenvalue weighted by Gasteiger charge is -2.25. The van der Waals surface area contributed by atoms with Gasteiger partial charge in [-0.15, -0.1) is 0 Å². The Labute approximate surface area is 94.7 Å². The third-order valence-electron chi connectivity index (χ3n) is 2.32. The van der Waals surface area contributed by atoms with Gasteiger partial charge in [0, 0.05) is 12.8 Å². The van der Waals surface area contributed by atoms with Crippen molar-refractivity contribution >= 4 is 17.8 Å². The van der Waals surface area contributed by atoms with Gasteiger partial charge in [0.2, 0.25) is 11.8 Å². The lowest BCUT2D eigenvalue weighted by molar-refractivity contribution is -0.166. The summed E-state index contributed by atoms with van der Waals surface area (Å²) in [6.07, 6.45) is 1.28. The Bertz CT molecular complexity index is 300. The molecule has 2 amide bonds. The van der Waals surface area contributed by atoms with Crippen LogP contribution in [0.5, 0.6) is 0 Å². The molecule has 0 bridgehead atoms. The summed E-state index contributed by atoms with van der Waals surface area (Å²) in [4.78, 5) is 35.2. The third-order valence-corrected chi connectivity index (χ3v) is 2.32. The molecule has 1 aliphatic heterocycles. The predicted octanol–water partition coefficient (Wildman–Crippen LogP) is 1.07. The van der Waals surface area contributed by atoms with Gasteiger partial charge in [-0.05, 0) is 27.2 Å². The fraction of sp³-hybridized carbons (Fsp3) is 0.727. The Balaban J connectivity index is 2.51. The molecule has 90 valence electrons. The first-order chi connectivity index (χ1) is 7.32. The number of esters is 1. The van der Waals surface area contributed by atoms with Crippen LogP contribution in [-0.4, -0.2) is 29.4 Å². The zero-order chi connectivity index (χ0) is 12.3. The molecule has 0 aromatic carbocycles. The molecule has 0 aromatic heterocycles. The molecular formula is C11H17NO4. The van der Waals surface area contributed by atoms with Crippen LogP contribution in [0.25, 0.3) is 0 Å². The van der Waals surface area contributed by atoms with E-state index in [1.165, 1.54) is 0 Å². The second-order valence-corrected chi connectivity index (χ2v) is 4.88. The number of ether oxygens (including phenoxy) is 1. The van der Waals surface area contributed by atoms with Crippen molar-refractivity contribution in [2.24, 2.45) is 5.41 Å². The maximum absolute atomic E-state index is 11.4. The van der Waals surface area contributed by atoms with Gasteiger partial charge in [0.15, 0.2) is 6.73 Å². The molecule has 1 heterocycles. The van der Waals surface area contributed by atoms with Crippen molar-refractivity contribution in [2.75, 3.05) is 6.73 Å². The van der Waals surface area contributed by atoms with Crippen molar-refractivity contribution in [3.8, 4) is 0 Å². The number of imide groups is 1. The van der Waals surface area contributed by atoms with Gasteiger partial charge in [0.05, 0.1) is 5.41 Å². The van der Waals surface area contributed by atoms with Crippen LogP contribution < -0.4 is 0 Å². The van der Waals surface area contributed by atoms with Gasteiger partial charge in [0.25, 0.3) is 0 Å². The van der Waals surface area contributed by atoms with E-state index in [0.29, 0.717) is 19.3 Å². The van der Waals surface area contributed by atoms with Crippen LogP contribution in [0.4, 0.5) is 0 Å². The van der Waals surface area contributed by atoms with Crippen LogP contribution in [0.15, 0.2) is 0 Å². The van der Waals surface area contributed by atoms with Crippen LogP contribution in [0.3, 0.4) is 0 Å². The van der Waals surface area contributed by atoms with Crippen LogP contribution >= 0.6 is 0 Å². The number of nitrogens with zero attached hydrogens (tertiary/aromatic N) is 1. The number of hydrogen-bond acceptors (Lipinski definition) is 4. The molecule has 1 fully saturated rings. The standard InChI is InChI=1S/C11H17NO4/c1-11(2,3)10(15)16-7-12-8(13)5-4-6-9(12)14/h4-7H2,1-3H3. The van der Waals surface area contributed by atoms with E-state index in [4.69, 9.17) is 4.74 Å². The number of piperidine rings is 1. The molecule has 1 rings (SSSR count). The van der Waals surface area contributed by atoms with E-state index in [1.54, 1.807) is 20.8 Å². The van der Waals surface area contributed by atoms with Crippen LogP contribution in [0.1, 0.15) is 40.0 Å². The van der Waals surface area contributed by atoms with Crippen molar-refractivity contribution in [1.82, 2.24) is 4.90 Å². The fourth-order valence-electron chi connectivity index (χ4n) is 1.28. The maximum Gasteiger partial charge on any atom is 0.312 e. The molecule has 16 heavy (non-hydrogen) atoms. The van der Waals surface area contributed by atoms with Gasteiger partial charge in [0.1, 0.15) is 0 Å². The molecule has 1 aliphatic rings. The Morgan fingerprint density at radius 1 is 1.25 bits per heavy atom. The summed E-state index contributed by atoms with van der Waals surface area (Å²) in [5, 5.41) is 0. The predicted molar refractivity (Wildman–Crippen MR) is 56.1 cm³/mol. The first kappa shape index (κ1) is 12.7.